The third kappa shape index (κ3) is 3.26. The monoisotopic (exact) mass is 309 g/mol. The van der Waals surface area contributed by atoms with Gasteiger partial charge in [-0.05, 0) is 20.8 Å². The smallest absolute Gasteiger partial charge is 0.247 e. The lowest BCUT2D eigenvalue weighted by atomic mass is 10.2. The van der Waals surface area contributed by atoms with Gasteiger partial charge in [0, 0.05) is 31.9 Å². The zero-order chi connectivity index (χ0) is 15.6. The maximum absolute atomic E-state index is 12.5. The van der Waals surface area contributed by atoms with E-state index in [9.17, 15) is 4.79 Å². The molecule has 0 N–H and O–H groups in total. The largest absolute Gasteiger partial charge is 0.339 e. The second kappa shape index (κ2) is 6.30. The lowest BCUT2D eigenvalue weighted by Crippen LogP contribution is -2.33. The summed E-state index contributed by atoms with van der Waals surface area (Å²) in [6.07, 6.45) is 5.30. The maximum atomic E-state index is 12.5. The Morgan fingerprint density at radius 2 is 2.14 bits per heavy atom. The Morgan fingerprint density at radius 3 is 2.67 bits per heavy atom. The Labute approximate surface area is 129 Å². The number of halogens is 1. The maximum Gasteiger partial charge on any atom is 0.247 e. The standard InChI is InChI=1S/C14H20ClN5O/c1-5-19-9-12(6-16-19)8-18(4)14(21)11(3)20-10(2)13(15)7-17-20/h6-7,9,11H,5,8H2,1-4H3. The number of hydrogen-bond acceptors (Lipinski definition) is 3. The Morgan fingerprint density at radius 1 is 1.43 bits per heavy atom. The highest BCUT2D eigenvalue weighted by atomic mass is 35.5. The molecule has 6 nitrogen and oxygen atoms in total. The van der Waals surface area contributed by atoms with E-state index in [0.717, 1.165) is 17.8 Å². The molecule has 0 saturated heterocycles. The first-order valence-corrected chi connectivity index (χ1v) is 7.27. The van der Waals surface area contributed by atoms with Gasteiger partial charge < -0.3 is 4.90 Å². The van der Waals surface area contributed by atoms with Crippen LogP contribution in [0, 0.1) is 6.92 Å². The van der Waals surface area contributed by atoms with Gasteiger partial charge in [-0.15, -0.1) is 0 Å². The predicted molar refractivity (Wildman–Crippen MR) is 81.1 cm³/mol. The third-order valence-corrected chi connectivity index (χ3v) is 3.89. The molecule has 1 atom stereocenters. The number of nitrogens with zero attached hydrogens (tertiary/aromatic N) is 5. The van der Waals surface area contributed by atoms with Crippen LogP contribution in [0.5, 0.6) is 0 Å². The van der Waals surface area contributed by atoms with Gasteiger partial charge in [-0.3, -0.25) is 14.2 Å². The van der Waals surface area contributed by atoms with Crippen LogP contribution in [-0.2, 0) is 17.9 Å². The zero-order valence-electron chi connectivity index (χ0n) is 12.7. The predicted octanol–water partition coefficient (Wildman–Crippen LogP) is 2.28. The van der Waals surface area contributed by atoms with Gasteiger partial charge in [0.15, 0.2) is 0 Å². The summed E-state index contributed by atoms with van der Waals surface area (Å²) in [5.41, 5.74) is 1.81. The number of likely N-dealkylation sites (N-methyl/N-ethyl adjacent to an activating group) is 1. The lowest BCUT2D eigenvalue weighted by Gasteiger charge is -2.22. The molecule has 2 heterocycles. The van der Waals surface area contributed by atoms with E-state index in [4.69, 9.17) is 11.6 Å². The molecule has 21 heavy (non-hydrogen) atoms. The Balaban J connectivity index is 2.06. The molecule has 2 aromatic heterocycles. The first-order chi connectivity index (χ1) is 9.93. The van der Waals surface area contributed by atoms with E-state index >= 15 is 0 Å². The molecule has 2 rings (SSSR count). The normalized spacial score (nSPS) is 12.4. The minimum absolute atomic E-state index is 0.0119. The van der Waals surface area contributed by atoms with Crippen LogP contribution < -0.4 is 0 Å². The molecule has 0 aliphatic heterocycles. The second-order valence-electron chi connectivity index (χ2n) is 5.10. The van der Waals surface area contributed by atoms with E-state index in [-0.39, 0.29) is 11.9 Å². The summed E-state index contributed by atoms with van der Waals surface area (Å²) in [5.74, 6) is -0.0119. The van der Waals surface area contributed by atoms with Gasteiger partial charge in [0.25, 0.3) is 0 Å². The number of amides is 1. The van der Waals surface area contributed by atoms with Crippen molar-refractivity contribution in [3.8, 4) is 0 Å². The molecule has 0 radical (unpaired) electrons. The van der Waals surface area contributed by atoms with E-state index < -0.39 is 0 Å². The van der Waals surface area contributed by atoms with Gasteiger partial charge in [0.2, 0.25) is 5.91 Å². The van der Waals surface area contributed by atoms with Crippen molar-refractivity contribution in [2.45, 2.75) is 39.9 Å². The number of carbonyl (C=O) groups is 1. The summed E-state index contributed by atoms with van der Waals surface area (Å²) < 4.78 is 3.49. The number of hydrogen-bond donors (Lipinski definition) is 0. The fourth-order valence-electron chi connectivity index (χ4n) is 2.23. The molecule has 1 unspecified atom stereocenters. The minimum atomic E-state index is -0.385. The topological polar surface area (TPSA) is 56.0 Å². The SMILES string of the molecule is CCn1cc(CN(C)C(=O)C(C)n2ncc(Cl)c2C)cn1. The Kier molecular flexibility index (Phi) is 4.67. The van der Waals surface area contributed by atoms with Gasteiger partial charge >= 0.3 is 0 Å². The molecule has 2 aromatic rings. The van der Waals surface area contributed by atoms with Crippen molar-refractivity contribution >= 4 is 17.5 Å². The van der Waals surface area contributed by atoms with Gasteiger partial charge in [0.1, 0.15) is 6.04 Å². The Hall–Kier alpha value is -1.82. The Bertz CT molecular complexity index is 633. The quantitative estimate of drug-likeness (QED) is 0.851. The molecule has 0 aliphatic carbocycles. The van der Waals surface area contributed by atoms with E-state index in [1.807, 2.05) is 31.6 Å². The highest BCUT2D eigenvalue weighted by molar-refractivity contribution is 6.31. The third-order valence-electron chi connectivity index (χ3n) is 3.52. The van der Waals surface area contributed by atoms with Crippen LogP contribution in [0.2, 0.25) is 5.02 Å². The van der Waals surface area contributed by atoms with E-state index in [1.54, 1.807) is 29.0 Å². The molecular formula is C14H20ClN5O. The summed E-state index contributed by atoms with van der Waals surface area (Å²) >= 11 is 5.99. The van der Waals surface area contributed by atoms with Crippen LogP contribution in [0.3, 0.4) is 0 Å². The van der Waals surface area contributed by atoms with Crippen molar-refractivity contribution in [2.24, 2.45) is 0 Å². The van der Waals surface area contributed by atoms with Gasteiger partial charge in [-0.25, -0.2) is 0 Å². The summed E-state index contributed by atoms with van der Waals surface area (Å²) in [7, 11) is 1.78. The number of aryl methyl sites for hydroxylation is 1. The van der Waals surface area contributed by atoms with Crippen molar-refractivity contribution in [1.29, 1.82) is 0 Å². The van der Waals surface area contributed by atoms with Crippen molar-refractivity contribution in [3.63, 3.8) is 0 Å². The van der Waals surface area contributed by atoms with E-state index in [0.29, 0.717) is 11.6 Å². The fraction of sp³-hybridized carbons (Fsp3) is 0.500. The van der Waals surface area contributed by atoms with Crippen molar-refractivity contribution in [1.82, 2.24) is 24.5 Å². The van der Waals surface area contributed by atoms with Crippen LogP contribution in [-0.4, -0.2) is 37.4 Å². The number of rotatable bonds is 5. The van der Waals surface area contributed by atoms with Crippen LogP contribution in [0.1, 0.15) is 31.1 Å². The summed E-state index contributed by atoms with van der Waals surface area (Å²) in [4.78, 5) is 14.2. The zero-order valence-corrected chi connectivity index (χ0v) is 13.5. The lowest BCUT2D eigenvalue weighted by molar-refractivity contribution is -0.133. The molecule has 114 valence electrons. The average molecular weight is 310 g/mol. The van der Waals surface area contributed by atoms with E-state index in [2.05, 4.69) is 10.2 Å². The molecule has 0 aliphatic rings. The molecule has 0 saturated carbocycles. The van der Waals surface area contributed by atoms with Gasteiger partial charge in [-0.2, -0.15) is 10.2 Å². The molecule has 0 aromatic carbocycles. The summed E-state index contributed by atoms with van der Waals surface area (Å²) in [5, 5.41) is 8.95. The highest BCUT2D eigenvalue weighted by Crippen LogP contribution is 2.19. The summed E-state index contributed by atoms with van der Waals surface area (Å²) in [6, 6.07) is -0.385. The molecular weight excluding hydrogens is 290 g/mol. The molecule has 0 bridgehead atoms. The van der Waals surface area contributed by atoms with Crippen LogP contribution in [0.15, 0.2) is 18.6 Å². The highest BCUT2D eigenvalue weighted by Gasteiger charge is 2.22. The second-order valence-corrected chi connectivity index (χ2v) is 5.50. The van der Waals surface area contributed by atoms with Crippen LogP contribution in [0.4, 0.5) is 0 Å². The molecule has 7 heteroatoms. The molecule has 1 amide bonds. The first-order valence-electron chi connectivity index (χ1n) is 6.90. The van der Waals surface area contributed by atoms with Gasteiger partial charge in [0.05, 0.1) is 23.1 Å². The average Bonchev–Trinajstić information content (AvgIpc) is 3.05. The summed E-state index contributed by atoms with van der Waals surface area (Å²) in [6.45, 7) is 7.04. The molecule has 0 fully saturated rings. The minimum Gasteiger partial charge on any atom is -0.339 e. The van der Waals surface area contributed by atoms with Crippen LogP contribution in [0.25, 0.3) is 0 Å². The number of carbonyl (C=O) groups excluding carboxylic acids is 1. The van der Waals surface area contributed by atoms with E-state index in [1.165, 1.54) is 0 Å². The fourth-order valence-corrected chi connectivity index (χ4v) is 2.36. The van der Waals surface area contributed by atoms with Crippen LogP contribution >= 0.6 is 11.6 Å². The van der Waals surface area contributed by atoms with Crippen molar-refractivity contribution < 1.29 is 4.79 Å². The van der Waals surface area contributed by atoms with Crippen molar-refractivity contribution in [2.75, 3.05) is 7.05 Å². The van der Waals surface area contributed by atoms with Crippen molar-refractivity contribution in [3.05, 3.63) is 34.9 Å². The number of aromatic nitrogens is 4. The first kappa shape index (κ1) is 15.6. The van der Waals surface area contributed by atoms with Gasteiger partial charge in [-0.1, -0.05) is 11.6 Å². The molecule has 0 spiro atoms.